The van der Waals surface area contributed by atoms with E-state index < -0.39 is 21.6 Å². The smallest absolute Gasteiger partial charge is 0.327 e. The molecule has 0 spiro atoms. The Morgan fingerprint density at radius 3 is 2.16 bits per heavy atom. The van der Waals surface area contributed by atoms with E-state index in [-0.39, 0.29) is 28.9 Å². The van der Waals surface area contributed by atoms with Gasteiger partial charge in [0.15, 0.2) is 5.78 Å². The number of non-ortho nitro benzene ring substituents is 1. The third-order valence-electron chi connectivity index (χ3n) is 6.48. The molecular formula is C27H25N3O7. The van der Waals surface area contributed by atoms with Crippen molar-refractivity contribution in [3.63, 3.8) is 0 Å². The highest BCUT2D eigenvalue weighted by atomic mass is 16.7. The van der Waals surface area contributed by atoms with Gasteiger partial charge in [-0.1, -0.05) is 73.9 Å². The molecule has 0 saturated heterocycles. The number of nitrogens with zero attached hydrogens (tertiary/aromatic N) is 2. The Bertz CT molecular complexity index is 1300. The van der Waals surface area contributed by atoms with Gasteiger partial charge >= 0.3 is 5.97 Å². The monoisotopic (exact) mass is 503 g/mol. The van der Waals surface area contributed by atoms with Crippen LogP contribution in [0, 0.1) is 26.1 Å². The van der Waals surface area contributed by atoms with Crippen LogP contribution < -0.4 is 5.48 Å². The topological polar surface area (TPSA) is 142 Å². The van der Waals surface area contributed by atoms with Crippen molar-refractivity contribution in [1.29, 1.82) is 0 Å². The number of ketones is 1. The molecule has 10 heteroatoms. The van der Waals surface area contributed by atoms with Crippen molar-refractivity contribution in [3.8, 4) is 11.1 Å². The molecule has 0 aromatic heterocycles. The highest BCUT2D eigenvalue weighted by molar-refractivity contribution is 6.01. The normalized spacial score (nSPS) is 14.5. The second kappa shape index (κ2) is 11.5. The molecule has 0 aliphatic heterocycles. The quantitative estimate of drug-likeness (QED) is 0.222. The zero-order chi connectivity index (χ0) is 26.4. The minimum absolute atomic E-state index is 0.189. The van der Waals surface area contributed by atoms with Gasteiger partial charge < -0.3 is 4.84 Å². The van der Waals surface area contributed by atoms with Gasteiger partial charge in [0.1, 0.15) is 6.04 Å². The number of rotatable bonds is 9. The third-order valence-corrected chi connectivity index (χ3v) is 6.48. The molecule has 4 rings (SSSR count). The van der Waals surface area contributed by atoms with Crippen LogP contribution in [0.1, 0.15) is 54.1 Å². The van der Waals surface area contributed by atoms with E-state index in [1.807, 2.05) is 6.07 Å². The summed E-state index contributed by atoms with van der Waals surface area (Å²) in [5.41, 5.74) is 3.38. The minimum Gasteiger partial charge on any atom is -0.369 e. The molecule has 3 aromatic rings. The second-order valence-corrected chi connectivity index (χ2v) is 8.87. The molecule has 1 N–H and O–H groups in total. The fourth-order valence-corrected chi connectivity index (χ4v) is 4.47. The lowest BCUT2D eigenvalue weighted by atomic mass is 9.89. The first-order valence-corrected chi connectivity index (χ1v) is 11.9. The molecule has 1 saturated carbocycles. The molecule has 1 unspecified atom stereocenters. The Kier molecular flexibility index (Phi) is 7.99. The van der Waals surface area contributed by atoms with E-state index >= 15 is 0 Å². The number of Topliss-reactive ketones (excluding diaryl/α,β-unsaturated/α-hetero) is 1. The number of nitro benzene ring substituents is 2. The van der Waals surface area contributed by atoms with Crippen LogP contribution in [0.2, 0.25) is 0 Å². The van der Waals surface area contributed by atoms with E-state index in [9.17, 15) is 29.8 Å². The molecule has 1 aliphatic rings. The van der Waals surface area contributed by atoms with Gasteiger partial charge in [-0.05, 0) is 30.0 Å². The predicted octanol–water partition coefficient (Wildman–Crippen LogP) is 5.72. The van der Waals surface area contributed by atoms with E-state index in [0.29, 0.717) is 16.7 Å². The van der Waals surface area contributed by atoms with Crippen molar-refractivity contribution in [2.75, 3.05) is 0 Å². The zero-order valence-corrected chi connectivity index (χ0v) is 19.9. The van der Waals surface area contributed by atoms with Crippen LogP contribution in [-0.4, -0.2) is 21.6 Å². The summed E-state index contributed by atoms with van der Waals surface area (Å²) in [6, 6.07) is 17.4. The molecule has 1 aliphatic carbocycles. The number of benzene rings is 3. The van der Waals surface area contributed by atoms with Crippen LogP contribution in [0.25, 0.3) is 11.1 Å². The molecule has 10 nitrogen and oxygen atoms in total. The van der Waals surface area contributed by atoms with Crippen LogP contribution in [0.3, 0.4) is 0 Å². The van der Waals surface area contributed by atoms with Gasteiger partial charge in [0.05, 0.1) is 27.4 Å². The van der Waals surface area contributed by atoms with Crippen LogP contribution in [-0.2, 0) is 9.63 Å². The molecule has 190 valence electrons. The average Bonchev–Trinajstić information content (AvgIpc) is 2.93. The largest absolute Gasteiger partial charge is 0.369 e. The number of hydrogen-bond acceptors (Lipinski definition) is 8. The standard InChI is InChI=1S/C27H25N3O7/c31-26(25(19-7-3-1-4-8-19)28-37-27(32)21-9-5-2-6-10-21)20-13-11-18(12-14-20)23-16-15-22(29(33)34)17-24(23)30(35)36/h1,3-4,7-8,11-17,21,25,28H,2,5-6,9-10H2. The van der Waals surface area contributed by atoms with Crippen molar-refractivity contribution in [3.05, 3.63) is 104 Å². The van der Waals surface area contributed by atoms with Gasteiger partial charge in [0.2, 0.25) is 0 Å². The summed E-state index contributed by atoms with van der Waals surface area (Å²) in [5.74, 6) is -0.925. The molecule has 0 amide bonds. The van der Waals surface area contributed by atoms with E-state index in [1.165, 1.54) is 36.4 Å². The van der Waals surface area contributed by atoms with E-state index in [2.05, 4.69) is 5.48 Å². The van der Waals surface area contributed by atoms with Crippen LogP contribution >= 0.6 is 0 Å². The van der Waals surface area contributed by atoms with Gasteiger partial charge in [0.25, 0.3) is 11.4 Å². The fourth-order valence-electron chi connectivity index (χ4n) is 4.47. The molecule has 37 heavy (non-hydrogen) atoms. The van der Waals surface area contributed by atoms with Crippen molar-refractivity contribution in [2.24, 2.45) is 5.92 Å². The van der Waals surface area contributed by atoms with Crippen molar-refractivity contribution in [1.82, 2.24) is 5.48 Å². The summed E-state index contributed by atoms with van der Waals surface area (Å²) in [5, 5.41) is 22.5. The Labute approximate surface area is 212 Å². The van der Waals surface area contributed by atoms with Gasteiger partial charge in [-0.15, -0.1) is 5.48 Å². The maximum Gasteiger partial charge on any atom is 0.327 e. The number of carbonyl (C=O) groups excluding carboxylic acids is 2. The summed E-state index contributed by atoms with van der Waals surface area (Å²) < 4.78 is 0. The number of hydrogen-bond donors (Lipinski definition) is 1. The zero-order valence-electron chi connectivity index (χ0n) is 19.9. The Morgan fingerprint density at radius 2 is 1.54 bits per heavy atom. The Balaban J connectivity index is 1.57. The summed E-state index contributed by atoms with van der Waals surface area (Å²) in [6.07, 6.45) is 4.57. The Morgan fingerprint density at radius 1 is 0.865 bits per heavy atom. The first-order valence-electron chi connectivity index (χ1n) is 11.9. The second-order valence-electron chi connectivity index (χ2n) is 8.87. The van der Waals surface area contributed by atoms with Crippen LogP contribution in [0.4, 0.5) is 11.4 Å². The van der Waals surface area contributed by atoms with E-state index in [4.69, 9.17) is 4.84 Å². The van der Waals surface area contributed by atoms with Crippen LogP contribution in [0.5, 0.6) is 0 Å². The predicted molar refractivity (Wildman–Crippen MR) is 135 cm³/mol. The highest BCUT2D eigenvalue weighted by Crippen LogP contribution is 2.33. The van der Waals surface area contributed by atoms with Crippen molar-refractivity contribution >= 4 is 23.1 Å². The number of hydroxylamine groups is 1. The minimum atomic E-state index is -0.951. The van der Waals surface area contributed by atoms with Crippen LogP contribution in [0.15, 0.2) is 72.8 Å². The summed E-state index contributed by atoms with van der Waals surface area (Å²) in [7, 11) is 0. The number of carbonyl (C=O) groups is 2. The first kappa shape index (κ1) is 25.6. The molecule has 3 aromatic carbocycles. The highest BCUT2D eigenvalue weighted by Gasteiger charge is 2.28. The van der Waals surface area contributed by atoms with Gasteiger partial charge in [-0.3, -0.25) is 29.8 Å². The van der Waals surface area contributed by atoms with Crippen molar-refractivity contribution < 1.29 is 24.3 Å². The first-order chi connectivity index (χ1) is 17.8. The number of nitro groups is 2. The molecule has 0 bridgehead atoms. The lowest BCUT2D eigenvalue weighted by Gasteiger charge is -2.22. The fraction of sp³-hybridized carbons (Fsp3) is 0.259. The third kappa shape index (κ3) is 6.04. The SMILES string of the molecule is O=C(ONC(C(=O)c1ccc(-c2ccc([N+](=O)[O-])cc2[N+](=O)[O-])cc1)c1ccccc1)C1CCCCC1. The maximum atomic E-state index is 13.4. The van der Waals surface area contributed by atoms with E-state index in [0.717, 1.165) is 38.2 Å². The summed E-state index contributed by atoms with van der Waals surface area (Å²) in [6.45, 7) is 0. The molecular weight excluding hydrogens is 478 g/mol. The van der Waals surface area contributed by atoms with Gasteiger partial charge in [0, 0.05) is 11.6 Å². The number of nitrogens with one attached hydrogen (secondary N) is 1. The molecule has 0 heterocycles. The van der Waals surface area contributed by atoms with Gasteiger partial charge in [-0.25, -0.2) is 0 Å². The molecule has 0 radical (unpaired) electrons. The maximum absolute atomic E-state index is 13.4. The molecule has 1 atom stereocenters. The summed E-state index contributed by atoms with van der Waals surface area (Å²) in [4.78, 5) is 52.5. The lowest BCUT2D eigenvalue weighted by Crippen LogP contribution is -2.34. The average molecular weight is 504 g/mol. The van der Waals surface area contributed by atoms with Crippen molar-refractivity contribution in [2.45, 2.75) is 38.1 Å². The van der Waals surface area contributed by atoms with Gasteiger partial charge in [-0.2, -0.15) is 0 Å². The van der Waals surface area contributed by atoms with E-state index in [1.54, 1.807) is 24.3 Å². The Hall–Kier alpha value is -4.44. The lowest BCUT2D eigenvalue weighted by molar-refractivity contribution is -0.393. The summed E-state index contributed by atoms with van der Waals surface area (Å²) >= 11 is 0. The molecule has 1 fully saturated rings.